The summed E-state index contributed by atoms with van der Waals surface area (Å²) in [6, 6.07) is -0.406. The van der Waals surface area contributed by atoms with Gasteiger partial charge in [0.15, 0.2) is 0 Å². The second-order valence-corrected chi connectivity index (χ2v) is 4.14. The highest BCUT2D eigenvalue weighted by Gasteiger charge is 2.17. The molecule has 0 spiro atoms. The first-order valence-electron chi connectivity index (χ1n) is 5.90. The van der Waals surface area contributed by atoms with Crippen LogP contribution in [0.3, 0.4) is 0 Å². The number of hydrogen-bond donors (Lipinski definition) is 1. The third-order valence-corrected chi connectivity index (χ3v) is 2.58. The summed E-state index contributed by atoms with van der Waals surface area (Å²) in [6.45, 7) is 2.53. The molecule has 5 nitrogen and oxygen atoms in total. The Hall–Kier alpha value is -1.49. The molecule has 0 bridgehead atoms. The van der Waals surface area contributed by atoms with Gasteiger partial charge < -0.3 is 10.6 Å². The molecule has 0 radical (unpaired) electrons. The maximum Gasteiger partial charge on any atom is 0.239 e. The van der Waals surface area contributed by atoms with Crippen molar-refractivity contribution in [2.45, 2.75) is 38.8 Å². The first-order valence-corrected chi connectivity index (χ1v) is 5.90. The zero-order chi connectivity index (χ0) is 12.7. The summed E-state index contributed by atoms with van der Waals surface area (Å²) in [7, 11) is 1.74. The van der Waals surface area contributed by atoms with Crippen LogP contribution in [-0.4, -0.2) is 33.9 Å². The molecule has 0 aliphatic rings. The van der Waals surface area contributed by atoms with Crippen molar-refractivity contribution in [3.63, 3.8) is 0 Å². The van der Waals surface area contributed by atoms with Gasteiger partial charge in [-0.2, -0.15) is 0 Å². The Balaban J connectivity index is 2.47. The van der Waals surface area contributed by atoms with E-state index in [9.17, 15) is 4.79 Å². The second kappa shape index (κ2) is 6.96. The average molecular weight is 236 g/mol. The number of nitrogens with two attached hydrogens (primary N) is 1. The molecule has 1 aromatic rings. The van der Waals surface area contributed by atoms with E-state index in [0.717, 1.165) is 25.0 Å². The van der Waals surface area contributed by atoms with Crippen molar-refractivity contribution >= 4 is 5.91 Å². The van der Waals surface area contributed by atoms with Crippen LogP contribution in [0.15, 0.2) is 18.6 Å². The molecule has 1 amide bonds. The zero-order valence-electron chi connectivity index (χ0n) is 10.5. The van der Waals surface area contributed by atoms with Crippen molar-refractivity contribution in [1.29, 1.82) is 0 Å². The lowest BCUT2D eigenvalue weighted by molar-refractivity contribution is -0.132. The predicted molar refractivity (Wildman–Crippen MR) is 66.0 cm³/mol. The monoisotopic (exact) mass is 236 g/mol. The van der Waals surface area contributed by atoms with Gasteiger partial charge in [0.05, 0.1) is 24.5 Å². The molecule has 1 aromatic heterocycles. The SMILES string of the molecule is CCCC[C@H](N)C(=O)N(C)Cc1cnccn1. The van der Waals surface area contributed by atoms with Crippen LogP contribution in [0.5, 0.6) is 0 Å². The van der Waals surface area contributed by atoms with Crippen molar-refractivity contribution < 1.29 is 4.79 Å². The van der Waals surface area contributed by atoms with Crippen LogP contribution >= 0.6 is 0 Å². The van der Waals surface area contributed by atoms with E-state index in [2.05, 4.69) is 16.9 Å². The Bertz CT molecular complexity index is 342. The van der Waals surface area contributed by atoms with E-state index < -0.39 is 6.04 Å². The molecular formula is C12H20N4O. The zero-order valence-corrected chi connectivity index (χ0v) is 10.5. The van der Waals surface area contributed by atoms with Crippen LogP contribution in [0.4, 0.5) is 0 Å². The summed E-state index contributed by atoms with van der Waals surface area (Å²) in [6.07, 6.45) is 7.64. The molecule has 2 N–H and O–H groups in total. The van der Waals surface area contributed by atoms with Gasteiger partial charge in [0.25, 0.3) is 0 Å². The highest BCUT2D eigenvalue weighted by Crippen LogP contribution is 2.04. The minimum Gasteiger partial charge on any atom is -0.338 e. The van der Waals surface area contributed by atoms with Crippen molar-refractivity contribution in [3.8, 4) is 0 Å². The summed E-state index contributed by atoms with van der Waals surface area (Å²) >= 11 is 0. The summed E-state index contributed by atoms with van der Waals surface area (Å²) in [5.41, 5.74) is 6.60. The standard InChI is InChI=1S/C12H20N4O/c1-3-4-5-11(13)12(17)16(2)9-10-8-14-6-7-15-10/h6-8,11H,3-5,9,13H2,1-2H3/t11-/m0/s1. The molecule has 1 rings (SSSR count). The Morgan fingerprint density at radius 3 is 2.88 bits per heavy atom. The molecule has 0 aliphatic carbocycles. The van der Waals surface area contributed by atoms with E-state index in [1.807, 2.05) is 0 Å². The number of nitrogens with zero attached hydrogens (tertiary/aromatic N) is 3. The first-order chi connectivity index (χ1) is 8.15. The Morgan fingerprint density at radius 2 is 2.29 bits per heavy atom. The number of hydrogen-bond acceptors (Lipinski definition) is 4. The van der Waals surface area contributed by atoms with Crippen LogP contribution in [0.1, 0.15) is 31.9 Å². The summed E-state index contributed by atoms with van der Waals surface area (Å²) < 4.78 is 0. The fourth-order valence-corrected chi connectivity index (χ4v) is 1.56. The molecule has 0 saturated carbocycles. The molecule has 0 unspecified atom stereocenters. The molecule has 0 aliphatic heterocycles. The predicted octanol–water partition coefficient (Wildman–Crippen LogP) is 0.952. The molecule has 0 saturated heterocycles. The minimum atomic E-state index is -0.406. The van der Waals surface area contributed by atoms with Gasteiger partial charge in [-0.15, -0.1) is 0 Å². The van der Waals surface area contributed by atoms with E-state index in [1.54, 1.807) is 30.5 Å². The summed E-state index contributed by atoms with van der Waals surface area (Å²) in [5.74, 6) is -0.0379. The number of rotatable bonds is 6. The van der Waals surface area contributed by atoms with Gasteiger partial charge in [-0.25, -0.2) is 0 Å². The third-order valence-electron chi connectivity index (χ3n) is 2.58. The van der Waals surface area contributed by atoms with Crippen LogP contribution < -0.4 is 5.73 Å². The van der Waals surface area contributed by atoms with Crippen molar-refractivity contribution in [2.24, 2.45) is 5.73 Å². The third kappa shape index (κ3) is 4.48. The van der Waals surface area contributed by atoms with Crippen LogP contribution in [-0.2, 0) is 11.3 Å². The van der Waals surface area contributed by atoms with Crippen molar-refractivity contribution in [2.75, 3.05) is 7.05 Å². The Kier molecular flexibility index (Phi) is 5.56. The molecule has 0 fully saturated rings. The van der Waals surface area contributed by atoms with Crippen molar-refractivity contribution in [1.82, 2.24) is 14.9 Å². The van der Waals surface area contributed by atoms with E-state index in [0.29, 0.717) is 6.54 Å². The topological polar surface area (TPSA) is 72.1 Å². The molecule has 0 aromatic carbocycles. The van der Waals surface area contributed by atoms with E-state index >= 15 is 0 Å². The molecule has 1 heterocycles. The van der Waals surface area contributed by atoms with Gasteiger partial charge in [0.2, 0.25) is 5.91 Å². The number of carbonyl (C=O) groups is 1. The maximum absolute atomic E-state index is 11.9. The Morgan fingerprint density at radius 1 is 1.53 bits per heavy atom. The quantitative estimate of drug-likeness (QED) is 0.798. The highest BCUT2D eigenvalue weighted by atomic mass is 16.2. The fraction of sp³-hybridized carbons (Fsp3) is 0.583. The molecular weight excluding hydrogens is 216 g/mol. The lowest BCUT2D eigenvalue weighted by Gasteiger charge is -2.20. The number of amides is 1. The van der Waals surface area contributed by atoms with Crippen LogP contribution in [0.25, 0.3) is 0 Å². The maximum atomic E-state index is 11.9. The van der Waals surface area contributed by atoms with Gasteiger partial charge in [0.1, 0.15) is 0 Å². The van der Waals surface area contributed by atoms with E-state index in [1.165, 1.54) is 0 Å². The minimum absolute atomic E-state index is 0.0379. The van der Waals surface area contributed by atoms with Gasteiger partial charge in [-0.3, -0.25) is 14.8 Å². The highest BCUT2D eigenvalue weighted by molar-refractivity contribution is 5.81. The molecule has 5 heteroatoms. The van der Waals surface area contributed by atoms with Gasteiger partial charge >= 0.3 is 0 Å². The average Bonchev–Trinajstić information content (AvgIpc) is 2.36. The second-order valence-electron chi connectivity index (χ2n) is 4.14. The van der Waals surface area contributed by atoms with E-state index in [-0.39, 0.29) is 5.91 Å². The lowest BCUT2D eigenvalue weighted by atomic mass is 10.1. The first kappa shape index (κ1) is 13.6. The lowest BCUT2D eigenvalue weighted by Crippen LogP contribution is -2.41. The number of likely N-dealkylation sites (N-methyl/N-ethyl adjacent to an activating group) is 1. The largest absolute Gasteiger partial charge is 0.338 e. The number of carbonyl (C=O) groups excluding carboxylic acids is 1. The van der Waals surface area contributed by atoms with Gasteiger partial charge in [-0.1, -0.05) is 19.8 Å². The molecule has 1 atom stereocenters. The Labute approximate surface area is 102 Å². The van der Waals surface area contributed by atoms with E-state index in [4.69, 9.17) is 5.73 Å². The van der Waals surface area contributed by atoms with Crippen LogP contribution in [0.2, 0.25) is 0 Å². The molecule has 17 heavy (non-hydrogen) atoms. The summed E-state index contributed by atoms with van der Waals surface area (Å²) in [4.78, 5) is 21.6. The number of unbranched alkanes of at least 4 members (excludes halogenated alkanes) is 1. The fourth-order valence-electron chi connectivity index (χ4n) is 1.56. The van der Waals surface area contributed by atoms with Crippen molar-refractivity contribution in [3.05, 3.63) is 24.3 Å². The smallest absolute Gasteiger partial charge is 0.239 e. The number of aromatic nitrogens is 2. The molecule has 94 valence electrons. The normalized spacial score (nSPS) is 12.2. The van der Waals surface area contributed by atoms with Gasteiger partial charge in [0, 0.05) is 19.4 Å². The van der Waals surface area contributed by atoms with Gasteiger partial charge in [-0.05, 0) is 6.42 Å². The summed E-state index contributed by atoms with van der Waals surface area (Å²) in [5, 5.41) is 0. The van der Waals surface area contributed by atoms with Crippen LogP contribution in [0, 0.1) is 0 Å².